The predicted molar refractivity (Wildman–Crippen MR) is 67.2 cm³/mol. The Morgan fingerprint density at radius 1 is 1.53 bits per heavy atom. The largest absolute Gasteiger partial charge is 0.389 e. The van der Waals surface area contributed by atoms with Crippen LogP contribution in [0.3, 0.4) is 0 Å². The summed E-state index contributed by atoms with van der Waals surface area (Å²) in [7, 11) is 0. The normalized spacial score (nSPS) is 11.9. The van der Waals surface area contributed by atoms with E-state index in [0.717, 1.165) is 5.56 Å². The lowest BCUT2D eigenvalue weighted by molar-refractivity contribution is 0.199. The molecule has 1 atom stereocenters. The van der Waals surface area contributed by atoms with Crippen molar-refractivity contribution >= 4 is 11.7 Å². The third-order valence-electron chi connectivity index (χ3n) is 2.44. The minimum atomic E-state index is -0.579. The van der Waals surface area contributed by atoms with E-state index >= 15 is 0 Å². The van der Waals surface area contributed by atoms with Crippen molar-refractivity contribution in [1.29, 1.82) is 0 Å². The maximum atomic E-state index is 11.6. The van der Waals surface area contributed by atoms with E-state index in [4.69, 9.17) is 0 Å². The molecule has 2 aromatic rings. The van der Waals surface area contributed by atoms with Crippen LogP contribution < -0.4 is 10.6 Å². The van der Waals surface area contributed by atoms with Crippen molar-refractivity contribution in [3.05, 3.63) is 42.0 Å². The Balaban J connectivity index is 1.89. The highest BCUT2D eigenvalue weighted by Crippen LogP contribution is 2.16. The summed E-state index contributed by atoms with van der Waals surface area (Å²) >= 11 is 0. The Bertz CT molecular complexity index is 540. The second kappa shape index (κ2) is 5.96. The second-order valence-corrected chi connectivity index (χ2v) is 3.96. The van der Waals surface area contributed by atoms with E-state index in [-0.39, 0.29) is 12.6 Å². The van der Waals surface area contributed by atoms with E-state index in [9.17, 15) is 9.90 Å². The van der Waals surface area contributed by atoms with Gasteiger partial charge in [-0.2, -0.15) is 4.98 Å². The zero-order chi connectivity index (χ0) is 13.7. The quantitative estimate of drug-likeness (QED) is 0.774. The summed E-state index contributed by atoms with van der Waals surface area (Å²) < 4.78 is 4.55. The number of hydrogen-bond donors (Lipinski definition) is 3. The fraction of sp³-hybridized carbons (Fsp3) is 0.250. The van der Waals surface area contributed by atoms with Crippen LogP contribution in [0.25, 0.3) is 0 Å². The van der Waals surface area contributed by atoms with Crippen LogP contribution in [0.15, 0.2) is 35.2 Å². The molecule has 2 rings (SSSR count). The fourth-order valence-corrected chi connectivity index (χ4v) is 1.48. The lowest BCUT2D eigenvalue weighted by Gasteiger charge is -2.09. The molecule has 7 nitrogen and oxygen atoms in total. The number of benzene rings is 1. The summed E-state index contributed by atoms with van der Waals surface area (Å²) in [6.07, 6.45) is 0.616. The third kappa shape index (κ3) is 3.78. The van der Waals surface area contributed by atoms with Crippen molar-refractivity contribution in [1.82, 2.24) is 15.5 Å². The molecule has 1 aromatic heterocycles. The minimum absolute atomic E-state index is 0.179. The first-order valence-corrected chi connectivity index (χ1v) is 5.73. The van der Waals surface area contributed by atoms with Gasteiger partial charge in [-0.3, -0.25) is 0 Å². The van der Waals surface area contributed by atoms with Gasteiger partial charge in [0.25, 0.3) is 0 Å². The van der Waals surface area contributed by atoms with Gasteiger partial charge in [0, 0.05) is 5.69 Å². The van der Waals surface area contributed by atoms with Gasteiger partial charge in [-0.05, 0) is 24.6 Å². The number of aliphatic hydroxyl groups is 1. The van der Waals surface area contributed by atoms with Crippen LogP contribution in [0, 0.1) is 0 Å². The smallest absolute Gasteiger partial charge is 0.319 e. The van der Waals surface area contributed by atoms with Gasteiger partial charge in [0.15, 0.2) is 5.82 Å². The summed E-state index contributed by atoms with van der Waals surface area (Å²) in [4.78, 5) is 15.4. The van der Waals surface area contributed by atoms with E-state index < -0.39 is 6.10 Å². The average Bonchev–Trinajstić information content (AvgIpc) is 2.90. The number of aliphatic hydroxyl groups excluding tert-OH is 1. The van der Waals surface area contributed by atoms with Crippen LogP contribution in [-0.4, -0.2) is 21.3 Å². The first-order chi connectivity index (χ1) is 9.15. The molecule has 0 fully saturated rings. The van der Waals surface area contributed by atoms with E-state index in [1.807, 2.05) is 0 Å². The topological polar surface area (TPSA) is 100 Å². The van der Waals surface area contributed by atoms with Crippen LogP contribution in [0.4, 0.5) is 10.5 Å². The van der Waals surface area contributed by atoms with Gasteiger partial charge in [-0.25, -0.2) is 4.79 Å². The number of amides is 2. The molecule has 0 radical (unpaired) electrons. The molecular formula is C12H14N4O3. The molecule has 0 aliphatic heterocycles. The maximum absolute atomic E-state index is 11.6. The summed E-state index contributed by atoms with van der Waals surface area (Å²) in [6.45, 7) is 1.84. The zero-order valence-electron chi connectivity index (χ0n) is 10.3. The molecule has 1 unspecified atom stereocenters. The molecule has 0 saturated heterocycles. The molecular weight excluding hydrogens is 248 g/mol. The standard InChI is InChI=1S/C12H14N4O3/c1-8(17)9-3-2-4-10(5-9)15-12(18)13-6-11-14-7-19-16-11/h2-5,7-8,17H,6H2,1H3,(H2,13,15,18). The first kappa shape index (κ1) is 13.0. The lowest BCUT2D eigenvalue weighted by Crippen LogP contribution is -2.28. The number of anilines is 1. The minimum Gasteiger partial charge on any atom is -0.389 e. The van der Waals surface area contributed by atoms with E-state index in [2.05, 4.69) is 25.3 Å². The molecule has 7 heteroatoms. The van der Waals surface area contributed by atoms with E-state index in [0.29, 0.717) is 11.5 Å². The number of urea groups is 1. The van der Waals surface area contributed by atoms with Crippen molar-refractivity contribution in [3.63, 3.8) is 0 Å². The molecule has 1 heterocycles. The van der Waals surface area contributed by atoms with Crippen LogP contribution in [-0.2, 0) is 6.54 Å². The summed E-state index contributed by atoms with van der Waals surface area (Å²) in [5.74, 6) is 0.396. The molecule has 0 aliphatic rings. The number of rotatable bonds is 4. The molecule has 0 spiro atoms. The Labute approximate surface area is 109 Å². The Hall–Kier alpha value is -2.41. The maximum Gasteiger partial charge on any atom is 0.319 e. The Morgan fingerprint density at radius 3 is 3.05 bits per heavy atom. The number of aromatic nitrogens is 2. The lowest BCUT2D eigenvalue weighted by atomic mass is 10.1. The average molecular weight is 262 g/mol. The number of carbonyl (C=O) groups is 1. The highest BCUT2D eigenvalue weighted by molar-refractivity contribution is 5.89. The predicted octanol–water partition coefficient (Wildman–Crippen LogP) is 1.44. The zero-order valence-corrected chi connectivity index (χ0v) is 10.3. The van der Waals surface area contributed by atoms with Crippen molar-refractivity contribution in [2.45, 2.75) is 19.6 Å². The van der Waals surface area contributed by atoms with Crippen molar-refractivity contribution < 1.29 is 14.4 Å². The van der Waals surface area contributed by atoms with Gasteiger partial charge in [0.05, 0.1) is 12.6 Å². The number of nitrogens with zero attached hydrogens (tertiary/aromatic N) is 2. The molecule has 0 saturated carbocycles. The first-order valence-electron chi connectivity index (χ1n) is 5.73. The molecule has 0 bridgehead atoms. The van der Waals surface area contributed by atoms with Gasteiger partial charge in [0.2, 0.25) is 6.39 Å². The van der Waals surface area contributed by atoms with Crippen molar-refractivity contribution in [3.8, 4) is 0 Å². The summed E-state index contributed by atoms with van der Waals surface area (Å²) in [5, 5.41) is 18.3. The van der Waals surface area contributed by atoms with Gasteiger partial charge in [-0.15, -0.1) is 0 Å². The fourth-order valence-electron chi connectivity index (χ4n) is 1.48. The van der Waals surface area contributed by atoms with E-state index in [1.54, 1.807) is 31.2 Å². The molecule has 0 aliphatic carbocycles. The van der Waals surface area contributed by atoms with Gasteiger partial charge in [-0.1, -0.05) is 17.3 Å². The summed E-state index contributed by atoms with van der Waals surface area (Å²) in [6, 6.07) is 6.61. The van der Waals surface area contributed by atoms with E-state index in [1.165, 1.54) is 6.39 Å². The number of nitrogens with one attached hydrogen (secondary N) is 2. The monoisotopic (exact) mass is 262 g/mol. The van der Waals surface area contributed by atoms with Crippen LogP contribution in [0.2, 0.25) is 0 Å². The Morgan fingerprint density at radius 2 is 2.37 bits per heavy atom. The molecule has 19 heavy (non-hydrogen) atoms. The van der Waals surface area contributed by atoms with Gasteiger partial charge >= 0.3 is 6.03 Å². The SMILES string of the molecule is CC(O)c1cccc(NC(=O)NCc2ncon2)c1. The molecule has 100 valence electrons. The number of hydrogen-bond acceptors (Lipinski definition) is 5. The van der Waals surface area contributed by atoms with Crippen LogP contribution in [0.5, 0.6) is 0 Å². The highest BCUT2D eigenvalue weighted by Gasteiger charge is 2.06. The molecule has 3 N–H and O–H groups in total. The molecule has 1 aromatic carbocycles. The second-order valence-electron chi connectivity index (χ2n) is 3.96. The van der Waals surface area contributed by atoms with Crippen LogP contribution >= 0.6 is 0 Å². The van der Waals surface area contributed by atoms with Gasteiger partial charge < -0.3 is 20.3 Å². The van der Waals surface area contributed by atoms with Crippen molar-refractivity contribution in [2.75, 3.05) is 5.32 Å². The number of carbonyl (C=O) groups excluding carboxylic acids is 1. The van der Waals surface area contributed by atoms with Crippen molar-refractivity contribution in [2.24, 2.45) is 0 Å². The Kier molecular flexibility index (Phi) is 4.09. The molecule has 2 amide bonds. The highest BCUT2D eigenvalue weighted by atomic mass is 16.5. The van der Waals surface area contributed by atoms with Crippen LogP contribution in [0.1, 0.15) is 24.4 Å². The third-order valence-corrected chi connectivity index (χ3v) is 2.44. The summed E-state index contributed by atoms with van der Waals surface area (Å²) in [5.41, 5.74) is 1.33. The van der Waals surface area contributed by atoms with Gasteiger partial charge in [0.1, 0.15) is 0 Å².